The highest BCUT2D eigenvalue weighted by Gasteiger charge is 2.08. The molecule has 6 heteroatoms. The summed E-state index contributed by atoms with van der Waals surface area (Å²) in [5.41, 5.74) is 3.12. The highest BCUT2D eigenvalue weighted by molar-refractivity contribution is 5.79. The van der Waals surface area contributed by atoms with Crippen LogP contribution in [-0.2, 0) is 13.1 Å². The van der Waals surface area contributed by atoms with Gasteiger partial charge in [0.05, 0.1) is 24.5 Å². The van der Waals surface area contributed by atoms with Crippen molar-refractivity contribution in [3.8, 4) is 0 Å². The molecule has 0 aromatic carbocycles. The van der Waals surface area contributed by atoms with E-state index < -0.39 is 0 Å². The minimum Gasteiger partial charge on any atom is -0.359 e. The Kier molecular flexibility index (Phi) is 5.52. The number of aryl methyl sites for hydroxylation is 1. The highest BCUT2D eigenvalue weighted by atomic mass is 16.5. The molecule has 0 spiro atoms. The van der Waals surface area contributed by atoms with E-state index in [0.717, 1.165) is 22.7 Å². The van der Waals surface area contributed by atoms with E-state index >= 15 is 0 Å². The van der Waals surface area contributed by atoms with Gasteiger partial charge in [-0.1, -0.05) is 25.1 Å². The van der Waals surface area contributed by atoms with E-state index in [1.165, 1.54) is 0 Å². The molecule has 22 heavy (non-hydrogen) atoms. The second-order valence-corrected chi connectivity index (χ2v) is 5.42. The minimum absolute atomic E-state index is 0.363. The van der Waals surface area contributed by atoms with Crippen molar-refractivity contribution in [2.24, 2.45) is 4.99 Å². The van der Waals surface area contributed by atoms with Gasteiger partial charge in [-0.2, -0.15) is 0 Å². The van der Waals surface area contributed by atoms with Gasteiger partial charge in [0, 0.05) is 19.3 Å². The van der Waals surface area contributed by atoms with E-state index in [1.54, 1.807) is 13.2 Å². The quantitative estimate of drug-likeness (QED) is 0.655. The number of pyridine rings is 1. The Morgan fingerprint density at radius 1 is 1.32 bits per heavy atom. The predicted octanol–water partition coefficient (Wildman–Crippen LogP) is 2.37. The SMILES string of the molecule is CN=C(NCc1cc(C(C)C)no1)NCc1ncccc1C. The molecule has 0 bridgehead atoms. The second kappa shape index (κ2) is 7.59. The van der Waals surface area contributed by atoms with E-state index in [9.17, 15) is 0 Å². The first kappa shape index (κ1) is 16.0. The summed E-state index contributed by atoms with van der Waals surface area (Å²) >= 11 is 0. The molecule has 2 heterocycles. The van der Waals surface area contributed by atoms with Gasteiger partial charge in [-0.15, -0.1) is 0 Å². The van der Waals surface area contributed by atoms with Crippen molar-refractivity contribution in [1.29, 1.82) is 0 Å². The van der Waals surface area contributed by atoms with Crippen LogP contribution in [0.3, 0.4) is 0 Å². The molecule has 0 fully saturated rings. The number of guanidine groups is 1. The predicted molar refractivity (Wildman–Crippen MR) is 86.6 cm³/mol. The zero-order valence-electron chi connectivity index (χ0n) is 13.6. The van der Waals surface area contributed by atoms with Crippen molar-refractivity contribution in [3.63, 3.8) is 0 Å². The molecule has 0 aliphatic heterocycles. The Labute approximate surface area is 131 Å². The maximum atomic E-state index is 5.30. The monoisotopic (exact) mass is 301 g/mol. The van der Waals surface area contributed by atoms with Crippen molar-refractivity contribution in [1.82, 2.24) is 20.8 Å². The van der Waals surface area contributed by atoms with Gasteiger partial charge in [-0.25, -0.2) is 0 Å². The van der Waals surface area contributed by atoms with Crippen LogP contribution in [0, 0.1) is 6.92 Å². The zero-order chi connectivity index (χ0) is 15.9. The van der Waals surface area contributed by atoms with Crippen LogP contribution < -0.4 is 10.6 Å². The molecule has 0 unspecified atom stereocenters. The van der Waals surface area contributed by atoms with Gasteiger partial charge in [0.15, 0.2) is 11.7 Å². The summed E-state index contributed by atoms with van der Waals surface area (Å²) in [7, 11) is 1.74. The Bertz CT molecular complexity index is 633. The van der Waals surface area contributed by atoms with Gasteiger partial charge in [0.25, 0.3) is 0 Å². The van der Waals surface area contributed by atoms with E-state index in [0.29, 0.717) is 25.0 Å². The standard InChI is InChI=1S/C16H23N5O/c1-11(2)14-8-13(22-21-14)9-19-16(17-4)20-10-15-12(3)6-5-7-18-15/h5-8,11H,9-10H2,1-4H3,(H2,17,19,20). The summed E-state index contributed by atoms with van der Waals surface area (Å²) in [5, 5.41) is 10.5. The number of nitrogens with one attached hydrogen (secondary N) is 2. The summed E-state index contributed by atoms with van der Waals surface area (Å²) in [4.78, 5) is 8.55. The lowest BCUT2D eigenvalue weighted by molar-refractivity contribution is 0.372. The van der Waals surface area contributed by atoms with Crippen LogP contribution in [0.2, 0.25) is 0 Å². The Hall–Kier alpha value is -2.37. The van der Waals surface area contributed by atoms with Gasteiger partial charge < -0.3 is 15.2 Å². The number of nitrogens with zero attached hydrogens (tertiary/aromatic N) is 3. The topological polar surface area (TPSA) is 75.3 Å². The normalized spacial score (nSPS) is 11.8. The third-order valence-electron chi connectivity index (χ3n) is 3.36. The molecule has 0 aliphatic rings. The molecule has 0 atom stereocenters. The molecule has 6 nitrogen and oxygen atoms in total. The Morgan fingerprint density at radius 2 is 2.09 bits per heavy atom. The summed E-state index contributed by atoms with van der Waals surface area (Å²) in [6.45, 7) is 7.39. The van der Waals surface area contributed by atoms with Gasteiger partial charge in [0.2, 0.25) is 0 Å². The van der Waals surface area contributed by atoms with Crippen LogP contribution in [0.5, 0.6) is 0 Å². The third kappa shape index (κ3) is 4.31. The lowest BCUT2D eigenvalue weighted by atomic mass is 10.1. The van der Waals surface area contributed by atoms with Crippen molar-refractivity contribution in [2.45, 2.75) is 39.8 Å². The summed E-state index contributed by atoms with van der Waals surface area (Å²) < 4.78 is 5.30. The fourth-order valence-corrected chi connectivity index (χ4v) is 1.95. The first-order valence-corrected chi connectivity index (χ1v) is 7.40. The number of hydrogen-bond donors (Lipinski definition) is 2. The zero-order valence-corrected chi connectivity index (χ0v) is 13.6. The van der Waals surface area contributed by atoms with Crippen molar-refractivity contribution in [2.75, 3.05) is 7.05 Å². The van der Waals surface area contributed by atoms with Crippen molar-refractivity contribution in [3.05, 3.63) is 47.1 Å². The molecule has 2 N–H and O–H groups in total. The van der Waals surface area contributed by atoms with E-state index in [2.05, 4.69) is 39.6 Å². The van der Waals surface area contributed by atoms with E-state index in [4.69, 9.17) is 4.52 Å². The minimum atomic E-state index is 0.363. The maximum absolute atomic E-state index is 5.30. The highest BCUT2D eigenvalue weighted by Crippen LogP contribution is 2.13. The van der Waals surface area contributed by atoms with Gasteiger partial charge >= 0.3 is 0 Å². The smallest absolute Gasteiger partial charge is 0.191 e. The second-order valence-electron chi connectivity index (χ2n) is 5.42. The Balaban J connectivity index is 1.86. The molecule has 2 aromatic heterocycles. The average Bonchev–Trinajstić information content (AvgIpc) is 2.98. The molecule has 118 valence electrons. The first-order valence-electron chi connectivity index (χ1n) is 7.40. The molecule has 0 aliphatic carbocycles. The molecule has 0 saturated carbocycles. The molecule has 2 aromatic rings. The number of aromatic nitrogens is 2. The van der Waals surface area contributed by atoms with Crippen molar-refractivity contribution < 1.29 is 4.52 Å². The fourth-order valence-electron chi connectivity index (χ4n) is 1.95. The number of aliphatic imine (C=N–C) groups is 1. The van der Waals surface area contributed by atoms with E-state index in [1.807, 2.05) is 25.1 Å². The van der Waals surface area contributed by atoms with Gasteiger partial charge in [-0.3, -0.25) is 9.98 Å². The van der Waals surface area contributed by atoms with Crippen LogP contribution in [0.25, 0.3) is 0 Å². The molecule has 2 rings (SSSR count). The van der Waals surface area contributed by atoms with Crippen LogP contribution >= 0.6 is 0 Å². The van der Waals surface area contributed by atoms with E-state index in [-0.39, 0.29) is 0 Å². The molecule has 0 saturated heterocycles. The lowest BCUT2D eigenvalue weighted by Crippen LogP contribution is -2.36. The van der Waals surface area contributed by atoms with Crippen LogP contribution in [0.1, 0.15) is 42.5 Å². The number of rotatable bonds is 5. The Morgan fingerprint density at radius 3 is 2.73 bits per heavy atom. The summed E-state index contributed by atoms with van der Waals surface area (Å²) in [6.07, 6.45) is 1.79. The van der Waals surface area contributed by atoms with Crippen LogP contribution in [0.15, 0.2) is 33.9 Å². The third-order valence-corrected chi connectivity index (χ3v) is 3.36. The molecular formula is C16H23N5O. The number of hydrogen-bond acceptors (Lipinski definition) is 4. The van der Waals surface area contributed by atoms with Crippen LogP contribution in [-0.4, -0.2) is 23.1 Å². The average molecular weight is 301 g/mol. The van der Waals surface area contributed by atoms with Crippen LogP contribution in [0.4, 0.5) is 0 Å². The summed E-state index contributed by atoms with van der Waals surface area (Å²) in [5.74, 6) is 1.86. The summed E-state index contributed by atoms with van der Waals surface area (Å²) in [6, 6.07) is 5.94. The van der Waals surface area contributed by atoms with Gasteiger partial charge in [-0.05, 0) is 24.5 Å². The maximum Gasteiger partial charge on any atom is 0.191 e. The lowest BCUT2D eigenvalue weighted by Gasteiger charge is -2.11. The van der Waals surface area contributed by atoms with Gasteiger partial charge in [0.1, 0.15) is 0 Å². The first-order chi connectivity index (χ1) is 10.6. The van der Waals surface area contributed by atoms with Crippen molar-refractivity contribution >= 4 is 5.96 Å². The molecule has 0 amide bonds. The molecule has 0 radical (unpaired) electrons. The fraction of sp³-hybridized carbons (Fsp3) is 0.438. The largest absolute Gasteiger partial charge is 0.359 e. The molecular weight excluding hydrogens is 278 g/mol.